The molecule has 0 radical (unpaired) electrons. The number of H-pyrrole nitrogens is 1. The van der Waals surface area contributed by atoms with Gasteiger partial charge in [0.25, 0.3) is 11.5 Å². The van der Waals surface area contributed by atoms with Crippen molar-refractivity contribution in [2.24, 2.45) is 0 Å². The highest BCUT2D eigenvalue weighted by Crippen LogP contribution is 2.07. The lowest BCUT2D eigenvalue weighted by molar-refractivity contribution is -0.147. The van der Waals surface area contributed by atoms with E-state index in [4.69, 9.17) is 4.74 Å². The third-order valence-corrected chi connectivity index (χ3v) is 2.95. The van der Waals surface area contributed by atoms with Crippen LogP contribution < -0.4 is 16.6 Å². The number of esters is 1. The van der Waals surface area contributed by atoms with Crippen LogP contribution in [-0.4, -0.2) is 28.0 Å². The SMILES string of the molecule is O=C(COC(=O)CCn1ccc(=O)[nH]c1=O)Nc1ccc(F)cc1. The molecule has 0 fully saturated rings. The second-order valence-corrected chi connectivity index (χ2v) is 4.77. The predicted molar refractivity (Wildman–Crippen MR) is 81.9 cm³/mol. The lowest BCUT2D eigenvalue weighted by atomic mass is 10.3. The highest BCUT2D eigenvalue weighted by molar-refractivity contribution is 5.92. The first-order valence-corrected chi connectivity index (χ1v) is 6.95. The van der Waals surface area contributed by atoms with Gasteiger partial charge in [0.15, 0.2) is 6.61 Å². The second kappa shape index (κ2) is 7.86. The van der Waals surface area contributed by atoms with Crippen LogP contribution in [0.5, 0.6) is 0 Å². The third kappa shape index (κ3) is 5.20. The van der Waals surface area contributed by atoms with Crippen LogP contribution in [0.2, 0.25) is 0 Å². The number of aromatic amines is 1. The number of hydrogen-bond acceptors (Lipinski definition) is 5. The molecule has 126 valence electrons. The minimum Gasteiger partial charge on any atom is -0.456 e. The number of rotatable bonds is 6. The number of benzene rings is 1. The molecule has 1 aromatic heterocycles. The lowest BCUT2D eigenvalue weighted by Gasteiger charge is -2.07. The van der Waals surface area contributed by atoms with E-state index in [2.05, 4.69) is 10.3 Å². The molecule has 0 saturated carbocycles. The molecule has 0 aliphatic heterocycles. The Morgan fingerprint density at radius 3 is 2.54 bits per heavy atom. The van der Waals surface area contributed by atoms with Gasteiger partial charge in [0.05, 0.1) is 6.42 Å². The quantitative estimate of drug-likeness (QED) is 0.735. The van der Waals surface area contributed by atoms with Gasteiger partial charge in [0.2, 0.25) is 0 Å². The molecular formula is C15H14FN3O5. The standard InChI is InChI=1S/C15H14FN3O5/c16-10-1-3-11(4-2-10)17-13(21)9-24-14(22)6-8-19-7-5-12(20)18-15(19)23/h1-5,7H,6,8-9H2,(H,17,21)(H,18,20,23). The molecule has 0 atom stereocenters. The molecule has 2 N–H and O–H groups in total. The van der Waals surface area contributed by atoms with Crippen LogP contribution >= 0.6 is 0 Å². The molecule has 0 aliphatic carbocycles. The predicted octanol–water partition coefficient (Wildman–Crippen LogP) is 0.248. The van der Waals surface area contributed by atoms with Crippen molar-refractivity contribution in [2.75, 3.05) is 11.9 Å². The van der Waals surface area contributed by atoms with Gasteiger partial charge in [0.1, 0.15) is 5.82 Å². The van der Waals surface area contributed by atoms with Crippen molar-refractivity contribution in [1.29, 1.82) is 0 Å². The Bertz CT molecular complexity index is 841. The van der Waals surface area contributed by atoms with Crippen LogP contribution in [0.3, 0.4) is 0 Å². The van der Waals surface area contributed by atoms with Gasteiger partial charge in [-0.15, -0.1) is 0 Å². The number of aromatic nitrogens is 2. The highest BCUT2D eigenvalue weighted by Gasteiger charge is 2.09. The number of aryl methyl sites for hydroxylation is 1. The van der Waals surface area contributed by atoms with E-state index in [9.17, 15) is 23.6 Å². The number of carbonyl (C=O) groups is 2. The minimum atomic E-state index is -0.678. The molecule has 0 aliphatic rings. The van der Waals surface area contributed by atoms with E-state index < -0.39 is 35.5 Å². The average molecular weight is 335 g/mol. The summed E-state index contributed by atoms with van der Waals surface area (Å²) in [5, 5.41) is 2.44. The zero-order chi connectivity index (χ0) is 17.5. The van der Waals surface area contributed by atoms with Gasteiger partial charge in [0, 0.05) is 24.5 Å². The van der Waals surface area contributed by atoms with Crippen molar-refractivity contribution in [1.82, 2.24) is 9.55 Å². The molecule has 24 heavy (non-hydrogen) atoms. The van der Waals surface area contributed by atoms with Gasteiger partial charge in [-0.3, -0.25) is 19.4 Å². The fraction of sp³-hybridized carbons (Fsp3) is 0.200. The lowest BCUT2D eigenvalue weighted by Crippen LogP contribution is -2.29. The van der Waals surface area contributed by atoms with Crippen LogP contribution in [0.25, 0.3) is 0 Å². The number of ether oxygens (including phenoxy) is 1. The fourth-order valence-corrected chi connectivity index (χ4v) is 1.78. The maximum absolute atomic E-state index is 12.7. The van der Waals surface area contributed by atoms with Crippen molar-refractivity contribution in [3.05, 3.63) is 63.2 Å². The molecule has 0 bridgehead atoms. The first-order valence-electron chi connectivity index (χ1n) is 6.95. The van der Waals surface area contributed by atoms with Crippen molar-refractivity contribution < 1.29 is 18.7 Å². The van der Waals surface area contributed by atoms with Gasteiger partial charge in [-0.2, -0.15) is 0 Å². The Kier molecular flexibility index (Phi) is 5.61. The first-order chi connectivity index (χ1) is 11.4. The molecule has 0 spiro atoms. The Balaban J connectivity index is 1.76. The van der Waals surface area contributed by atoms with Crippen LogP contribution in [0.1, 0.15) is 6.42 Å². The zero-order valence-electron chi connectivity index (χ0n) is 12.5. The Morgan fingerprint density at radius 1 is 1.17 bits per heavy atom. The molecule has 8 nitrogen and oxygen atoms in total. The molecule has 2 aromatic rings. The summed E-state index contributed by atoms with van der Waals surface area (Å²) in [6.45, 7) is -0.495. The summed E-state index contributed by atoms with van der Waals surface area (Å²) in [5.74, 6) is -1.68. The van der Waals surface area contributed by atoms with E-state index in [1.165, 1.54) is 30.5 Å². The smallest absolute Gasteiger partial charge is 0.328 e. The fourth-order valence-electron chi connectivity index (χ4n) is 1.78. The van der Waals surface area contributed by atoms with Gasteiger partial charge < -0.3 is 14.6 Å². The largest absolute Gasteiger partial charge is 0.456 e. The summed E-state index contributed by atoms with van der Waals surface area (Å²) in [7, 11) is 0. The number of halogens is 1. The number of amides is 1. The molecule has 0 saturated heterocycles. The van der Waals surface area contributed by atoms with E-state index >= 15 is 0 Å². The van der Waals surface area contributed by atoms with Gasteiger partial charge in [-0.05, 0) is 24.3 Å². The minimum absolute atomic E-state index is 0.00796. The summed E-state index contributed by atoms with van der Waals surface area (Å²) >= 11 is 0. The number of carbonyl (C=O) groups excluding carboxylic acids is 2. The third-order valence-electron chi connectivity index (χ3n) is 2.95. The van der Waals surface area contributed by atoms with E-state index in [-0.39, 0.29) is 13.0 Å². The maximum atomic E-state index is 12.7. The molecular weight excluding hydrogens is 321 g/mol. The summed E-state index contributed by atoms with van der Waals surface area (Å²) in [4.78, 5) is 47.5. The Labute approximate surface area is 134 Å². The van der Waals surface area contributed by atoms with Gasteiger partial charge in [-0.25, -0.2) is 9.18 Å². The zero-order valence-corrected chi connectivity index (χ0v) is 12.5. The normalized spacial score (nSPS) is 10.2. The summed E-state index contributed by atoms with van der Waals surface area (Å²) < 4.78 is 18.6. The van der Waals surface area contributed by atoms with Crippen LogP contribution in [-0.2, 0) is 20.9 Å². The van der Waals surface area contributed by atoms with E-state index in [0.717, 1.165) is 10.6 Å². The van der Waals surface area contributed by atoms with Crippen LogP contribution in [0.15, 0.2) is 46.1 Å². The van der Waals surface area contributed by atoms with Crippen molar-refractivity contribution in [3.63, 3.8) is 0 Å². The summed E-state index contributed by atoms with van der Waals surface area (Å²) in [5.41, 5.74) is -0.794. The summed E-state index contributed by atoms with van der Waals surface area (Å²) in [6, 6.07) is 6.27. The molecule has 1 amide bonds. The van der Waals surface area contributed by atoms with Gasteiger partial charge >= 0.3 is 11.7 Å². The molecule has 0 unspecified atom stereocenters. The average Bonchev–Trinajstić information content (AvgIpc) is 2.54. The number of nitrogens with one attached hydrogen (secondary N) is 2. The van der Waals surface area contributed by atoms with Crippen LogP contribution in [0.4, 0.5) is 10.1 Å². The molecule has 1 aromatic carbocycles. The molecule has 2 rings (SSSR count). The number of hydrogen-bond donors (Lipinski definition) is 2. The van der Waals surface area contributed by atoms with E-state index in [0.29, 0.717) is 5.69 Å². The maximum Gasteiger partial charge on any atom is 0.328 e. The second-order valence-electron chi connectivity index (χ2n) is 4.77. The van der Waals surface area contributed by atoms with Gasteiger partial charge in [-0.1, -0.05) is 0 Å². The van der Waals surface area contributed by atoms with Crippen molar-refractivity contribution in [2.45, 2.75) is 13.0 Å². The van der Waals surface area contributed by atoms with Crippen molar-refractivity contribution >= 4 is 17.6 Å². The first kappa shape index (κ1) is 17.1. The number of nitrogens with zero attached hydrogens (tertiary/aromatic N) is 1. The Morgan fingerprint density at radius 2 is 1.88 bits per heavy atom. The van der Waals surface area contributed by atoms with E-state index in [1.807, 2.05) is 0 Å². The van der Waals surface area contributed by atoms with Crippen molar-refractivity contribution in [3.8, 4) is 0 Å². The Hall–Kier alpha value is -3.23. The number of anilines is 1. The molecule has 1 heterocycles. The highest BCUT2D eigenvalue weighted by atomic mass is 19.1. The van der Waals surface area contributed by atoms with Crippen LogP contribution in [0, 0.1) is 5.82 Å². The van der Waals surface area contributed by atoms with E-state index in [1.54, 1.807) is 0 Å². The monoisotopic (exact) mass is 335 g/mol. The summed E-state index contributed by atoms with van der Waals surface area (Å²) in [6.07, 6.45) is 1.12. The molecule has 9 heteroatoms. The topological polar surface area (TPSA) is 110 Å².